The van der Waals surface area contributed by atoms with E-state index in [1.165, 1.54) is 0 Å². The van der Waals surface area contributed by atoms with Gasteiger partial charge in [0.2, 0.25) is 5.91 Å². The maximum absolute atomic E-state index is 12.2. The van der Waals surface area contributed by atoms with Crippen molar-refractivity contribution in [3.8, 4) is 11.4 Å². The average Bonchev–Trinajstić information content (AvgIpc) is 3.07. The summed E-state index contributed by atoms with van der Waals surface area (Å²) in [5.74, 6) is 0.884. The van der Waals surface area contributed by atoms with E-state index in [0.717, 1.165) is 53.9 Å². The van der Waals surface area contributed by atoms with Crippen LogP contribution in [0.2, 0.25) is 0 Å². The van der Waals surface area contributed by atoms with Crippen LogP contribution in [-0.4, -0.2) is 28.5 Å². The second kappa shape index (κ2) is 6.45. The van der Waals surface area contributed by atoms with Crippen molar-refractivity contribution in [2.45, 2.75) is 25.3 Å². The van der Waals surface area contributed by atoms with Crippen LogP contribution in [0.25, 0.3) is 22.4 Å². The van der Waals surface area contributed by atoms with E-state index in [9.17, 15) is 4.79 Å². The molecule has 1 aromatic heterocycles. The molecule has 122 valence electrons. The molecule has 0 saturated carbocycles. The Kier molecular flexibility index (Phi) is 4.01. The Morgan fingerprint density at radius 2 is 1.92 bits per heavy atom. The Balaban J connectivity index is 1.48. The second-order valence-corrected chi connectivity index (χ2v) is 6.17. The molecule has 0 unspecified atom stereocenters. The highest BCUT2D eigenvalue weighted by atomic mass is 16.2. The van der Waals surface area contributed by atoms with Gasteiger partial charge in [0.15, 0.2) is 0 Å². The lowest BCUT2D eigenvalue weighted by Crippen LogP contribution is -2.43. The standard InChI is InChI=1S/C19H20N4O/c24-19(17-7-3-4-12-20-17)21-14-10-8-13(9-11-14)18-22-15-5-1-2-6-16(15)23-18/h1-2,5-6,8-11,17,20H,3-4,7,12H2,(H,21,24)(H,22,23)/t17-/m1/s1. The lowest BCUT2D eigenvalue weighted by molar-refractivity contribution is -0.118. The number of nitrogens with one attached hydrogen (secondary N) is 3. The molecule has 0 radical (unpaired) electrons. The number of amides is 1. The smallest absolute Gasteiger partial charge is 0.241 e. The molecule has 1 fully saturated rings. The van der Waals surface area contributed by atoms with Crippen molar-refractivity contribution in [2.24, 2.45) is 0 Å². The average molecular weight is 320 g/mol. The predicted molar refractivity (Wildman–Crippen MR) is 95.8 cm³/mol. The Labute approximate surface area is 140 Å². The van der Waals surface area contributed by atoms with Crippen molar-refractivity contribution in [1.82, 2.24) is 15.3 Å². The number of carbonyl (C=O) groups is 1. The largest absolute Gasteiger partial charge is 0.338 e. The molecule has 1 aliphatic rings. The molecular formula is C19H20N4O. The molecule has 24 heavy (non-hydrogen) atoms. The summed E-state index contributed by atoms with van der Waals surface area (Å²) >= 11 is 0. The summed E-state index contributed by atoms with van der Waals surface area (Å²) in [4.78, 5) is 20.2. The summed E-state index contributed by atoms with van der Waals surface area (Å²) in [6, 6.07) is 15.7. The SMILES string of the molecule is O=C(Nc1ccc(-c2nc3ccccc3[nH]2)cc1)[C@H]1CCCCN1. The van der Waals surface area contributed by atoms with Gasteiger partial charge in [-0.15, -0.1) is 0 Å². The second-order valence-electron chi connectivity index (χ2n) is 6.17. The van der Waals surface area contributed by atoms with Crippen LogP contribution in [0.1, 0.15) is 19.3 Å². The van der Waals surface area contributed by atoms with E-state index in [0.29, 0.717) is 0 Å². The molecule has 5 heteroatoms. The molecule has 5 nitrogen and oxygen atoms in total. The molecule has 0 aliphatic carbocycles. The number of fused-ring (bicyclic) bond motifs is 1. The number of imidazole rings is 1. The fourth-order valence-electron chi connectivity index (χ4n) is 3.11. The number of anilines is 1. The van der Waals surface area contributed by atoms with Gasteiger partial charge in [-0.2, -0.15) is 0 Å². The first-order valence-corrected chi connectivity index (χ1v) is 8.39. The van der Waals surface area contributed by atoms with Gasteiger partial charge in [-0.3, -0.25) is 4.79 Å². The first-order chi connectivity index (χ1) is 11.8. The topological polar surface area (TPSA) is 69.8 Å². The lowest BCUT2D eigenvalue weighted by atomic mass is 10.0. The summed E-state index contributed by atoms with van der Waals surface area (Å²) in [6.07, 6.45) is 3.16. The van der Waals surface area contributed by atoms with Gasteiger partial charge >= 0.3 is 0 Å². The number of nitrogens with zero attached hydrogens (tertiary/aromatic N) is 1. The highest BCUT2D eigenvalue weighted by Crippen LogP contribution is 2.22. The van der Waals surface area contributed by atoms with Crippen LogP contribution in [0.15, 0.2) is 48.5 Å². The number of piperidine rings is 1. The minimum absolute atomic E-state index is 0.0474. The van der Waals surface area contributed by atoms with E-state index in [-0.39, 0.29) is 11.9 Å². The van der Waals surface area contributed by atoms with E-state index >= 15 is 0 Å². The van der Waals surface area contributed by atoms with Crippen molar-refractivity contribution in [3.05, 3.63) is 48.5 Å². The number of hydrogen-bond donors (Lipinski definition) is 3. The summed E-state index contributed by atoms with van der Waals surface area (Å²) in [7, 11) is 0. The van der Waals surface area contributed by atoms with Gasteiger partial charge in [-0.05, 0) is 55.8 Å². The molecular weight excluding hydrogens is 300 g/mol. The van der Waals surface area contributed by atoms with Gasteiger partial charge in [0.05, 0.1) is 17.1 Å². The number of H-pyrrole nitrogens is 1. The van der Waals surface area contributed by atoms with Crippen molar-refractivity contribution in [1.29, 1.82) is 0 Å². The van der Waals surface area contributed by atoms with Crippen molar-refractivity contribution < 1.29 is 4.79 Å². The van der Waals surface area contributed by atoms with Crippen molar-refractivity contribution in [2.75, 3.05) is 11.9 Å². The molecule has 1 aliphatic heterocycles. The number of aromatic amines is 1. The number of carbonyl (C=O) groups excluding carboxylic acids is 1. The lowest BCUT2D eigenvalue weighted by Gasteiger charge is -2.22. The van der Waals surface area contributed by atoms with E-state index in [1.54, 1.807) is 0 Å². The maximum atomic E-state index is 12.2. The van der Waals surface area contributed by atoms with Crippen molar-refractivity contribution >= 4 is 22.6 Å². The van der Waals surface area contributed by atoms with Crippen LogP contribution in [0, 0.1) is 0 Å². The van der Waals surface area contributed by atoms with Crippen LogP contribution in [0.3, 0.4) is 0 Å². The molecule has 0 bridgehead atoms. The monoisotopic (exact) mass is 320 g/mol. The number of hydrogen-bond acceptors (Lipinski definition) is 3. The molecule has 1 atom stereocenters. The third-order valence-electron chi connectivity index (χ3n) is 4.44. The molecule has 1 saturated heterocycles. The first kappa shape index (κ1) is 14.9. The molecule has 4 rings (SSSR count). The van der Waals surface area contributed by atoms with Gasteiger partial charge in [0.25, 0.3) is 0 Å². The summed E-state index contributed by atoms with van der Waals surface area (Å²) in [5.41, 5.74) is 3.79. The summed E-state index contributed by atoms with van der Waals surface area (Å²) in [5, 5.41) is 6.25. The third-order valence-corrected chi connectivity index (χ3v) is 4.44. The van der Waals surface area contributed by atoms with Gasteiger partial charge in [-0.25, -0.2) is 4.98 Å². The molecule has 1 amide bonds. The first-order valence-electron chi connectivity index (χ1n) is 8.39. The summed E-state index contributed by atoms with van der Waals surface area (Å²) < 4.78 is 0. The number of aromatic nitrogens is 2. The quantitative estimate of drug-likeness (QED) is 0.693. The van der Waals surface area contributed by atoms with Crippen LogP contribution in [0.5, 0.6) is 0 Å². The van der Waals surface area contributed by atoms with Crippen LogP contribution >= 0.6 is 0 Å². The number of rotatable bonds is 3. The number of para-hydroxylation sites is 2. The Morgan fingerprint density at radius 3 is 2.67 bits per heavy atom. The summed E-state index contributed by atoms with van der Waals surface area (Å²) in [6.45, 7) is 0.920. The molecule has 0 spiro atoms. The zero-order valence-corrected chi connectivity index (χ0v) is 13.4. The predicted octanol–water partition coefficient (Wildman–Crippen LogP) is 3.31. The van der Waals surface area contributed by atoms with Gasteiger partial charge in [-0.1, -0.05) is 18.6 Å². The third kappa shape index (κ3) is 3.03. The molecule has 2 heterocycles. The minimum Gasteiger partial charge on any atom is -0.338 e. The zero-order chi connectivity index (χ0) is 16.4. The normalized spacial score (nSPS) is 17.8. The molecule has 2 aromatic carbocycles. The van der Waals surface area contributed by atoms with E-state index in [1.807, 2.05) is 48.5 Å². The minimum atomic E-state index is -0.0752. The van der Waals surface area contributed by atoms with Gasteiger partial charge in [0.1, 0.15) is 5.82 Å². The highest BCUT2D eigenvalue weighted by Gasteiger charge is 2.20. The fraction of sp³-hybridized carbons (Fsp3) is 0.263. The fourth-order valence-corrected chi connectivity index (χ4v) is 3.11. The molecule has 3 N–H and O–H groups in total. The van der Waals surface area contributed by atoms with Gasteiger partial charge in [0, 0.05) is 11.3 Å². The van der Waals surface area contributed by atoms with E-state index in [4.69, 9.17) is 0 Å². The maximum Gasteiger partial charge on any atom is 0.241 e. The number of benzene rings is 2. The van der Waals surface area contributed by atoms with Gasteiger partial charge < -0.3 is 15.6 Å². The molecule has 3 aromatic rings. The zero-order valence-electron chi connectivity index (χ0n) is 13.4. The van der Waals surface area contributed by atoms with Crippen molar-refractivity contribution in [3.63, 3.8) is 0 Å². The van der Waals surface area contributed by atoms with Crippen LogP contribution in [0.4, 0.5) is 5.69 Å². The van der Waals surface area contributed by atoms with Crippen LogP contribution in [-0.2, 0) is 4.79 Å². The Bertz CT molecular complexity index is 814. The van der Waals surface area contributed by atoms with Crippen LogP contribution < -0.4 is 10.6 Å². The highest BCUT2D eigenvalue weighted by molar-refractivity contribution is 5.95. The van der Waals surface area contributed by atoms with E-state index in [2.05, 4.69) is 20.6 Å². The van der Waals surface area contributed by atoms with E-state index < -0.39 is 0 Å². The Hall–Kier alpha value is -2.66. The Morgan fingerprint density at radius 1 is 1.08 bits per heavy atom.